The summed E-state index contributed by atoms with van der Waals surface area (Å²) >= 11 is 0. The van der Waals surface area contributed by atoms with Gasteiger partial charge in [-0.05, 0) is 54.8 Å². The van der Waals surface area contributed by atoms with Crippen LogP contribution in [0.15, 0.2) is 42.5 Å². The van der Waals surface area contributed by atoms with E-state index < -0.39 is 0 Å². The molecule has 0 fully saturated rings. The lowest BCUT2D eigenvalue weighted by molar-refractivity contribution is -0.118. The maximum atomic E-state index is 13.1. The summed E-state index contributed by atoms with van der Waals surface area (Å²) in [5.41, 5.74) is 3.31. The van der Waals surface area contributed by atoms with Gasteiger partial charge in [0.05, 0.1) is 0 Å². The number of fused-ring (bicyclic) bond motifs is 1. The van der Waals surface area contributed by atoms with Gasteiger partial charge >= 0.3 is 6.03 Å². The van der Waals surface area contributed by atoms with Gasteiger partial charge in [0, 0.05) is 30.9 Å². The molecule has 1 heterocycles. The molecule has 25 heavy (non-hydrogen) atoms. The fourth-order valence-corrected chi connectivity index (χ4v) is 2.99. The van der Waals surface area contributed by atoms with Crippen LogP contribution in [0, 0.1) is 5.82 Å². The van der Waals surface area contributed by atoms with Gasteiger partial charge < -0.3 is 15.5 Å². The molecule has 0 aliphatic carbocycles. The van der Waals surface area contributed by atoms with Crippen molar-refractivity contribution in [2.45, 2.75) is 26.3 Å². The number of aryl methyl sites for hydroxylation is 1. The van der Waals surface area contributed by atoms with Crippen LogP contribution in [-0.2, 0) is 17.8 Å². The monoisotopic (exact) mass is 341 g/mol. The highest BCUT2D eigenvalue weighted by atomic mass is 19.1. The molecule has 0 spiro atoms. The maximum Gasteiger partial charge on any atom is 0.319 e. The Kier molecular flexibility index (Phi) is 4.97. The number of carbonyl (C=O) groups is 2. The third-order valence-corrected chi connectivity index (χ3v) is 4.20. The van der Waals surface area contributed by atoms with Crippen molar-refractivity contribution in [3.63, 3.8) is 0 Å². The SMILES string of the molecule is CCN1C(=O)CCc2cc(NC(=O)NCc3cccc(F)c3)ccc21. The Hall–Kier alpha value is -2.89. The highest BCUT2D eigenvalue weighted by Gasteiger charge is 2.22. The van der Waals surface area contributed by atoms with E-state index in [0.717, 1.165) is 11.3 Å². The predicted molar refractivity (Wildman–Crippen MR) is 95.0 cm³/mol. The minimum absolute atomic E-state index is 0.128. The first-order chi connectivity index (χ1) is 12.1. The van der Waals surface area contributed by atoms with E-state index in [1.807, 2.05) is 19.1 Å². The second-order valence-corrected chi connectivity index (χ2v) is 5.92. The number of rotatable bonds is 4. The van der Waals surface area contributed by atoms with Crippen molar-refractivity contribution in [3.8, 4) is 0 Å². The van der Waals surface area contributed by atoms with Crippen LogP contribution in [0.3, 0.4) is 0 Å². The molecule has 3 amide bonds. The molecule has 2 N–H and O–H groups in total. The van der Waals surface area contributed by atoms with Crippen LogP contribution in [0.1, 0.15) is 24.5 Å². The number of hydrogen-bond donors (Lipinski definition) is 2. The van der Waals surface area contributed by atoms with Gasteiger partial charge in [0.2, 0.25) is 5.91 Å². The topological polar surface area (TPSA) is 61.4 Å². The van der Waals surface area contributed by atoms with Crippen molar-refractivity contribution in [2.24, 2.45) is 0 Å². The van der Waals surface area contributed by atoms with Gasteiger partial charge in [0.25, 0.3) is 0 Å². The molecule has 3 rings (SSSR count). The summed E-state index contributed by atoms with van der Waals surface area (Å²) < 4.78 is 13.1. The Labute approximate surface area is 145 Å². The van der Waals surface area contributed by atoms with Crippen molar-refractivity contribution in [3.05, 3.63) is 59.4 Å². The van der Waals surface area contributed by atoms with E-state index in [0.29, 0.717) is 30.6 Å². The molecule has 2 aromatic rings. The standard InChI is InChI=1S/C19H20FN3O2/c1-2-23-17-8-7-16(11-14(17)6-9-18(23)24)22-19(25)21-12-13-4-3-5-15(20)10-13/h3-5,7-8,10-11H,2,6,9,12H2,1H3,(H2,21,22,25). The average molecular weight is 341 g/mol. The van der Waals surface area contributed by atoms with E-state index in [4.69, 9.17) is 0 Å². The van der Waals surface area contributed by atoms with Gasteiger partial charge in [-0.1, -0.05) is 12.1 Å². The molecule has 6 heteroatoms. The summed E-state index contributed by atoms with van der Waals surface area (Å²) in [5.74, 6) is -0.201. The van der Waals surface area contributed by atoms with Crippen LogP contribution < -0.4 is 15.5 Å². The highest BCUT2D eigenvalue weighted by molar-refractivity contribution is 5.97. The first kappa shape index (κ1) is 17.0. The Bertz CT molecular complexity index is 807. The van der Waals surface area contributed by atoms with Crippen molar-refractivity contribution in [1.82, 2.24) is 5.32 Å². The third-order valence-electron chi connectivity index (χ3n) is 4.20. The molecular weight excluding hydrogens is 321 g/mol. The number of carbonyl (C=O) groups excluding carboxylic acids is 2. The Morgan fingerprint density at radius 3 is 2.80 bits per heavy atom. The molecule has 1 aliphatic rings. The van der Waals surface area contributed by atoms with E-state index in [1.165, 1.54) is 12.1 Å². The van der Waals surface area contributed by atoms with Gasteiger partial charge in [-0.2, -0.15) is 0 Å². The van der Waals surface area contributed by atoms with E-state index in [9.17, 15) is 14.0 Å². The first-order valence-corrected chi connectivity index (χ1v) is 8.29. The lowest BCUT2D eigenvalue weighted by atomic mass is 10.0. The quantitative estimate of drug-likeness (QED) is 0.895. The minimum Gasteiger partial charge on any atom is -0.334 e. The molecule has 0 atom stereocenters. The van der Waals surface area contributed by atoms with Crippen LogP contribution >= 0.6 is 0 Å². The second-order valence-electron chi connectivity index (χ2n) is 5.92. The first-order valence-electron chi connectivity index (χ1n) is 8.29. The lowest BCUT2D eigenvalue weighted by Gasteiger charge is -2.28. The highest BCUT2D eigenvalue weighted by Crippen LogP contribution is 2.30. The van der Waals surface area contributed by atoms with Crippen LogP contribution in [0.2, 0.25) is 0 Å². The van der Waals surface area contributed by atoms with E-state index in [-0.39, 0.29) is 24.3 Å². The van der Waals surface area contributed by atoms with E-state index in [1.54, 1.807) is 23.1 Å². The number of hydrogen-bond acceptors (Lipinski definition) is 2. The van der Waals surface area contributed by atoms with E-state index in [2.05, 4.69) is 10.6 Å². The van der Waals surface area contributed by atoms with Gasteiger partial charge in [-0.25, -0.2) is 9.18 Å². The fraction of sp³-hybridized carbons (Fsp3) is 0.263. The van der Waals surface area contributed by atoms with Crippen molar-refractivity contribution < 1.29 is 14.0 Å². The minimum atomic E-state index is -0.358. The van der Waals surface area contributed by atoms with Crippen molar-refractivity contribution in [2.75, 3.05) is 16.8 Å². The molecule has 0 saturated heterocycles. The molecule has 0 aromatic heterocycles. The summed E-state index contributed by atoms with van der Waals surface area (Å²) in [4.78, 5) is 25.7. The maximum absolute atomic E-state index is 13.1. The molecular formula is C19H20FN3O2. The zero-order chi connectivity index (χ0) is 17.8. The summed E-state index contributed by atoms with van der Waals surface area (Å²) in [5, 5.41) is 5.47. The number of benzene rings is 2. The molecule has 0 radical (unpaired) electrons. The number of nitrogens with one attached hydrogen (secondary N) is 2. The number of urea groups is 1. The van der Waals surface area contributed by atoms with Crippen LogP contribution in [0.5, 0.6) is 0 Å². The number of halogens is 1. The van der Waals surface area contributed by atoms with Crippen LogP contribution in [-0.4, -0.2) is 18.5 Å². The van der Waals surface area contributed by atoms with Crippen LogP contribution in [0.4, 0.5) is 20.6 Å². The molecule has 1 aliphatic heterocycles. The summed E-state index contributed by atoms with van der Waals surface area (Å²) in [6.07, 6.45) is 1.15. The van der Waals surface area contributed by atoms with Gasteiger partial charge in [0.15, 0.2) is 0 Å². The summed E-state index contributed by atoms with van der Waals surface area (Å²) in [6, 6.07) is 11.3. The lowest BCUT2D eigenvalue weighted by Crippen LogP contribution is -2.35. The molecule has 130 valence electrons. The zero-order valence-corrected chi connectivity index (χ0v) is 14.0. The molecule has 0 bridgehead atoms. The fourth-order valence-electron chi connectivity index (χ4n) is 2.99. The van der Waals surface area contributed by atoms with Gasteiger partial charge in [-0.3, -0.25) is 4.79 Å². The number of amides is 3. The van der Waals surface area contributed by atoms with E-state index >= 15 is 0 Å². The zero-order valence-electron chi connectivity index (χ0n) is 14.0. The molecule has 0 unspecified atom stereocenters. The molecule has 0 saturated carbocycles. The van der Waals surface area contributed by atoms with Crippen molar-refractivity contribution >= 4 is 23.3 Å². The summed E-state index contributed by atoms with van der Waals surface area (Å²) in [7, 11) is 0. The van der Waals surface area contributed by atoms with Crippen LogP contribution in [0.25, 0.3) is 0 Å². The smallest absolute Gasteiger partial charge is 0.319 e. The molecule has 5 nitrogen and oxygen atoms in total. The average Bonchev–Trinajstić information content (AvgIpc) is 2.60. The van der Waals surface area contributed by atoms with Crippen molar-refractivity contribution in [1.29, 1.82) is 0 Å². The second kappa shape index (κ2) is 7.34. The molecule has 2 aromatic carbocycles. The number of anilines is 2. The summed E-state index contributed by atoms with van der Waals surface area (Å²) in [6.45, 7) is 2.82. The third kappa shape index (κ3) is 3.96. The Morgan fingerprint density at radius 1 is 1.20 bits per heavy atom. The van der Waals surface area contributed by atoms with Gasteiger partial charge in [0.1, 0.15) is 5.82 Å². The van der Waals surface area contributed by atoms with Gasteiger partial charge in [-0.15, -0.1) is 0 Å². The normalized spacial score (nSPS) is 13.4. The number of nitrogens with zero attached hydrogens (tertiary/aromatic N) is 1. The largest absolute Gasteiger partial charge is 0.334 e. The Balaban J connectivity index is 1.63. The predicted octanol–water partition coefficient (Wildman–Crippen LogP) is 3.45. The Morgan fingerprint density at radius 2 is 2.04 bits per heavy atom.